The van der Waals surface area contributed by atoms with Gasteiger partial charge in [-0.3, -0.25) is 0 Å². The Labute approximate surface area is 113 Å². The Hall–Kier alpha value is -1.18. The molecule has 0 saturated carbocycles. The van der Waals surface area contributed by atoms with Crippen molar-refractivity contribution in [2.75, 3.05) is 18.8 Å². The number of hydrogen-bond acceptors (Lipinski definition) is 4. The van der Waals surface area contributed by atoms with Gasteiger partial charge in [-0.1, -0.05) is 13.0 Å². The quantitative estimate of drug-likeness (QED) is 0.848. The lowest BCUT2D eigenvalue weighted by atomic mass is 10.1. The smallest absolute Gasteiger partial charge is 0.138 e. The van der Waals surface area contributed by atoms with Crippen LogP contribution in [0.15, 0.2) is 23.1 Å². The molecular weight excluding hydrogens is 244 g/mol. The van der Waals surface area contributed by atoms with E-state index in [-0.39, 0.29) is 6.10 Å². The van der Waals surface area contributed by atoms with Gasteiger partial charge in [0.2, 0.25) is 0 Å². The van der Waals surface area contributed by atoms with Crippen molar-refractivity contribution in [3.05, 3.63) is 23.8 Å². The van der Waals surface area contributed by atoms with Gasteiger partial charge in [-0.2, -0.15) is 5.26 Å². The lowest BCUT2D eigenvalue weighted by Crippen LogP contribution is -2.37. The third kappa shape index (κ3) is 3.18. The fraction of sp³-hybridized carbons (Fsp3) is 0.500. The van der Waals surface area contributed by atoms with Crippen LogP contribution in [0, 0.1) is 11.3 Å². The molecule has 0 aliphatic carbocycles. The highest BCUT2D eigenvalue weighted by molar-refractivity contribution is 7.99. The number of hydrogen-bond donors (Lipinski definition) is 1. The standard InChI is InChI=1S/C14H18N2OS/c1-2-18-14-7-3-6-13(12(14)9-15)17-11-5-4-8-16-10-11/h3,6-7,11,16H,2,4-5,8,10H2,1H3/t11-/m0/s1. The maximum Gasteiger partial charge on any atom is 0.138 e. The Morgan fingerprint density at radius 1 is 1.56 bits per heavy atom. The van der Waals surface area contributed by atoms with Crippen LogP contribution in [0.4, 0.5) is 0 Å². The van der Waals surface area contributed by atoms with Crippen molar-refractivity contribution in [3.8, 4) is 11.8 Å². The van der Waals surface area contributed by atoms with Gasteiger partial charge in [0.25, 0.3) is 0 Å². The van der Waals surface area contributed by atoms with Gasteiger partial charge in [-0.25, -0.2) is 0 Å². The summed E-state index contributed by atoms with van der Waals surface area (Å²) in [7, 11) is 0. The van der Waals surface area contributed by atoms with Gasteiger partial charge in [0.15, 0.2) is 0 Å². The molecule has 0 aromatic heterocycles. The van der Waals surface area contributed by atoms with Crippen LogP contribution in [-0.2, 0) is 0 Å². The van der Waals surface area contributed by atoms with Crippen molar-refractivity contribution in [1.29, 1.82) is 5.26 Å². The first-order valence-corrected chi connectivity index (χ1v) is 7.37. The molecule has 1 aromatic carbocycles. The van der Waals surface area contributed by atoms with E-state index in [9.17, 15) is 5.26 Å². The Morgan fingerprint density at radius 2 is 2.44 bits per heavy atom. The third-order valence-electron chi connectivity index (χ3n) is 2.94. The highest BCUT2D eigenvalue weighted by atomic mass is 32.2. The summed E-state index contributed by atoms with van der Waals surface area (Å²) in [6.07, 6.45) is 2.38. The van der Waals surface area contributed by atoms with E-state index in [0.29, 0.717) is 5.56 Å². The molecule has 1 aromatic rings. The monoisotopic (exact) mass is 262 g/mol. The van der Waals surface area contributed by atoms with Crippen LogP contribution >= 0.6 is 11.8 Å². The molecule has 0 bridgehead atoms. The van der Waals surface area contributed by atoms with E-state index in [2.05, 4.69) is 18.3 Å². The summed E-state index contributed by atoms with van der Waals surface area (Å²) < 4.78 is 5.97. The van der Waals surface area contributed by atoms with E-state index in [1.165, 1.54) is 0 Å². The fourth-order valence-corrected chi connectivity index (χ4v) is 2.87. The third-order valence-corrected chi connectivity index (χ3v) is 3.88. The Bertz CT molecular complexity index is 436. The van der Waals surface area contributed by atoms with Gasteiger partial charge < -0.3 is 10.1 Å². The number of nitrogens with one attached hydrogen (secondary N) is 1. The summed E-state index contributed by atoms with van der Waals surface area (Å²) in [6.45, 7) is 4.02. The first kappa shape index (κ1) is 13.3. The average molecular weight is 262 g/mol. The van der Waals surface area contributed by atoms with Gasteiger partial charge in [0.1, 0.15) is 23.5 Å². The summed E-state index contributed by atoms with van der Waals surface area (Å²) in [4.78, 5) is 1.02. The van der Waals surface area contributed by atoms with Gasteiger partial charge in [0.05, 0.1) is 0 Å². The number of rotatable bonds is 4. The maximum absolute atomic E-state index is 9.30. The summed E-state index contributed by atoms with van der Waals surface area (Å²) in [5.41, 5.74) is 0.676. The summed E-state index contributed by atoms with van der Waals surface area (Å²) in [5.74, 6) is 1.69. The Morgan fingerprint density at radius 3 is 3.11 bits per heavy atom. The topological polar surface area (TPSA) is 45.0 Å². The molecule has 0 unspecified atom stereocenters. The Balaban J connectivity index is 2.16. The predicted molar refractivity (Wildman–Crippen MR) is 74.1 cm³/mol. The van der Waals surface area contributed by atoms with Crippen molar-refractivity contribution in [2.45, 2.75) is 30.8 Å². The second-order valence-electron chi connectivity index (χ2n) is 4.26. The predicted octanol–water partition coefficient (Wildman–Crippen LogP) is 2.80. The molecule has 1 aliphatic heterocycles. The van der Waals surface area contributed by atoms with Gasteiger partial charge >= 0.3 is 0 Å². The largest absolute Gasteiger partial charge is 0.488 e. The normalized spacial score (nSPS) is 19.2. The van der Waals surface area contributed by atoms with Crippen LogP contribution in [0.25, 0.3) is 0 Å². The van der Waals surface area contributed by atoms with Crippen molar-refractivity contribution in [1.82, 2.24) is 5.32 Å². The molecule has 1 aliphatic rings. The Kier molecular flexibility index (Phi) is 4.91. The molecule has 2 rings (SSSR count). The lowest BCUT2D eigenvalue weighted by molar-refractivity contribution is 0.166. The molecule has 1 atom stereocenters. The van der Waals surface area contributed by atoms with E-state index < -0.39 is 0 Å². The van der Waals surface area contributed by atoms with E-state index in [0.717, 1.165) is 42.3 Å². The van der Waals surface area contributed by atoms with Crippen LogP contribution in [0.3, 0.4) is 0 Å². The zero-order valence-electron chi connectivity index (χ0n) is 10.6. The van der Waals surface area contributed by atoms with Crippen LogP contribution in [0.5, 0.6) is 5.75 Å². The SMILES string of the molecule is CCSc1cccc(O[C@H]2CCCNC2)c1C#N. The van der Waals surface area contributed by atoms with Crippen molar-refractivity contribution in [2.24, 2.45) is 0 Å². The summed E-state index contributed by atoms with van der Waals surface area (Å²) in [5, 5.41) is 12.6. The van der Waals surface area contributed by atoms with Crippen molar-refractivity contribution >= 4 is 11.8 Å². The number of nitriles is 1. The second-order valence-corrected chi connectivity index (χ2v) is 5.57. The van der Waals surface area contributed by atoms with Gasteiger partial charge in [-0.05, 0) is 37.3 Å². The molecule has 18 heavy (non-hydrogen) atoms. The molecule has 1 heterocycles. The summed E-state index contributed by atoms with van der Waals surface area (Å²) >= 11 is 1.68. The van der Waals surface area contributed by atoms with Crippen LogP contribution in [0.2, 0.25) is 0 Å². The molecule has 4 heteroatoms. The molecule has 1 N–H and O–H groups in total. The number of ether oxygens (including phenoxy) is 1. The minimum atomic E-state index is 0.188. The van der Waals surface area contributed by atoms with E-state index >= 15 is 0 Å². The first-order valence-electron chi connectivity index (χ1n) is 6.38. The number of benzene rings is 1. The van der Waals surface area contributed by atoms with Crippen molar-refractivity contribution < 1.29 is 4.74 Å². The molecule has 0 spiro atoms. The molecular formula is C14H18N2OS. The second kappa shape index (κ2) is 6.67. The number of nitrogens with zero attached hydrogens (tertiary/aromatic N) is 1. The number of piperidine rings is 1. The lowest BCUT2D eigenvalue weighted by Gasteiger charge is -2.24. The van der Waals surface area contributed by atoms with Crippen LogP contribution in [0.1, 0.15) is 25.3 Å². The van der Waals surface area contributed by atoms with Gasteiger partial charge in [0, 0.05) is 11.4 Å². The van der Waals surface area contributed by atoms with E-state index in [4.69, 9.17) is 4.74 Å². The molecule has 3 nitrogen and oxygen atoms in total. The van der Waals surface area contributed by atoms with Gasteiger partial charge in [-0.15, -0.1) is 11.8 Å². The minimum Gasteiger partial charge on any atom is -0.488 e. The summed E-state index contributed by atoms with van der Waals surface area (Å²) in [6, 6.07) is 8.12. The fourth-order valence-electron chi connectivity index (χ4n) is 2.10. The molecule has 1 saturated heterocycles. The van der Waals surface area contributed by atoms with Crippen LogP contribution in [-0.4, -0.2) is 24.9 Å². The first-order chi connectivity index (χ1) is 8.85. The van der Waals surface area contributed by atoms with Crippen LogP contribution < -0.4 is 10.1 Å². The molecule has 1 fully saturated rings. The molecule has 0 radical (unpaired) electrons. The van der Waals surface area contributed by atoms with E-state index in [1.54, 1.807) is 11.8 Å². The minimum absolute atomic E-state index is 0.188. The zero-order valence-corrected chi connectivity index (χ0v) is 11.4. The van der Waals surface area contributed by atoms with Crippen molar-refractivity contribution in [3.63, 3.8) is 0 Å². The molecule has 96 valence electrons. The maximum atomic E-state index is 9.30. The average Bonchev–Trinajstić information content (AvgIpc) is 2.41. The highest BCUT2D eigenvalue weighted by Gasteiger charge is 2.17. The molecule has 0 amide bonds. The number of thioether (sulfide) groups is 1. The highest BCUT2D eigenvalue weighted by Crippen LogP contribution is 2.30. The van der Waals surface area contributed by atoms with E-state index in [1.807, 2.05) is 18.2 Å². The zero-order chi connectivity index (χ0) is 12.8.